The Morgan fingerprint density at radius 3 is 2.41 bits per heavy atom. The van der Waals surface area contributed by atoms with Gasteiger partial charge in [-0.15, -0.1) is 11.3 Å². The summed E-state index contributed by atoms with van der Waals surface area (Å²) in [6.07, 6.45) is 0. The van der Waals surface area contributed by atoms with Gasteiger partial charge in [0.25, 0.3) is 0 Å². The molecule has 0 fully saturated rings. The smallest absolute Gasteiger partial charge is 0.241 e. The first-order chi connectivity index (χ1) is 12.9. The summed E-state index contributed by atoms with van der Waals surface area (Å²) in [5.41, 5.74) is 2.52. The van der Waals surface area contributed by atoms with Crippen molar-refractivity contribution in [2.24, 2.45) is 0 Å². The van der Waals surface area contributed by atoms with E-state index < -0.39 is 21.5 Å². The van der Waals surface area contributed by atoms with E-state index in [0.717, 1.165) is 16.9 Å². The highest BCUT2D eigenvalue weighted by molar-refractivity contribution is 7.92. The van der Waals surface area contributed by atoms with Gasteiger partial charge in [0.2, 0.25) is 5.91 Å². The van der Waals surface area contributed by atoms with E-state index in [0.29, 0.717) is 10.8 Å². The van der Waals surface area contributed by atoms with Crippen LogP contribution in [0.5, 0.6) is 5.75 Å². The van der Waals surface area contributed by atoms with E-state index in [1.165, 1.54) is 23.5 Å². The monoisotopic (exact) mass is 402 g/mol. The number of thiazole rings is 1. The van der Waals surface area contributed by atoms with Gasteiger partial charge in [0.05, 0.1) is 17.7 Å². The van der Waals surface area contributed by atoms with Crippen molar-refractivity contribution in [2.75, 3.05) is 18.2 Å². The molecule has 0 bridgehead atoms. The van der Waals surface area contributed by atoms with Crippen molar-refractivity contribution < 1.29 is 17.9 Å². The fourth-order valence-corrected chi connectivity index (χ4v) is 4.25. The minimum atomic E-state index is -3.70. The number of anilines is 1. The topological polar surface area (TPSA) is 85.4 Å². The molecule has 0 saturated heterocycles. The van der Waals surface area contributed by atoms with Crippen LogP contribution in [0.4, 0.5) is 5.13 Å². The maximum atomic E-state index is 12.3. The van der Waals surface area contributed by atoms with Gasteiger partial charge in [-0.2, -0.15) is 0 Å². The van der Waals surface area contributed by atoms with E-state index in [-0.39, 0.29) is 4.90 Å². The number of benzene rings is 2. The summed E-state index contributed by atoms with van der Waals surface area (Å²) in [5.74, 6) is -0.511. The number of nitrogens with zero attached hydrogens (tertiary/aromatic N) is 1. The molecule has 6 nitrogen and oxygen atoms in total. The Bertz CT molecular complexity index is 1040. The highest BCUT2D eigenvalue weighted by Crippen LogP contribution is 2.26. The molecule has 0 saturated carbocycles. The van der Waals surface area contributed by atoms with Gasteiger partial charge in [-0.3, -0.25) is 4.79 Å². The number of ether oxygens (including phenoxy) is 1. The largest absolute Gasteiger partial charge is 0.497 e. The van der Waals surface area contributed by atoms with Crippen molar-refractivity contribution in [3.05, 3.63) is 59.5 Å². The number of sulfone groups is 1. The standard InChI is InChI=1S/C19H18N2O4S2/c1-13-3-9-16(10-4-13)27(23,24)12-18(22)21-19-20-17(11-26-19)14-5-7-15(25-2)8-6-14/h3-11H,12H2,1-2H3,(H,20,21,22). The number of rotatable bonds is 6. The second kappa shape index (κ2) is 7.89. The summed E-state index contributed by atoms with van der Waals surface area (Å²) in [6, 6.07) is 13.8. The fourth-order valence-electron chi connectivity index (χ4n) is 2.38. The van der Waals surface area contributed by atoms with E-state index in [9.17, 15) is 13.2 Å². The molecule has 140 valence electrons. The SMILES string of the molecule is COc1ccc(-c2csc(NC(=O)CS(=O)(=O)c3ccc(C)cc3)n2)cc1. The molecule has 3 aromatic rings. The first-order valence-electron chi connectivity index (χ1n) is 8.06. The Morgan fingerprint density at radius 1 is 1.11 bits per heavy atom. The zero-order chi connectivity index (χ0) is 19.4. The Labute approximate surface area is 161 Å². The molecule has 8 heteroatoms. The van der Waals surface area contributed by atoms with Gasteiger partial charge < -0.3 is 10.1 Å². The van der Waals surface area contributed by atoms with E-state index >= 15 is 0 Å². The molecule has 1 amide bonds. The molecule has 1 aromatic heterocycles. The number of carbonyl (C=O) groups excluding carboxylic acids is 1. The number of methoxy groups -OCH3 is 1. The van der Waals surface area contributed by atoms with Crippen LogP contribution >= 0.6 is 11.3 Å². The Kier molecular flexibility index (Phi) is 5.57. The number of hydrogen-bond donors (Lipinski definition) is 1. The maximum Gasteiger partial charge on any atom is 0.241 e. The van der Waals surface area contributed by atoms with Gasteiger partial charge in [0.1, 0.15) is 11.5 Å². The minimum absolute atomic E-state index is 0.126. The summed E-state index contributed by atoms with van der Waals surface area (Å²) in [5, 5.41) is 4.71. The van der Waals surface area contributed by atoms with E-state index in [1.54, 1.807) is 24.6 Å². The maximum absolute atomic E-state index is 12.3. The molecular formula is C19H18N2O4S2. The molecule has 0 atom stereocenters. The van der Waals surface area contributed by atoms with Gasteiger partial charge in [-0.05, 0) is 43.3 Å². The van der Waals surface area contributed by atoms with Crippen LogP contribution in [0.3, 0.4) is 0 Å². The lowest BCUT2D eigenvalue weighted by Crippen LogP contribution is -2.22. The lowest BCUT2D eigenvalue weighted by atomic mass is 10.2. The van der Waals surface area contributed by atoms with Crippen molar-refractivity contribution in [2.45, 2.75) is 11.8 Å². The molecule has 2 aromatic carbocycles. The number of amides is 1. The first kappa shape index (κ1) is 19.1. The number of nitrogens with one attached hydrogen (secondary N) is 1. The summed E-state index contributed by atoms with van der Waals surface area (Å²) in [7, 11) is -2.11. The van der Waals surface area contributed by atoms with Gasteiger partial charge in [0, 0.05) is 10.9 Å². The Balaban J connectivity index is 1.67. The van der Waals surface area contributed by atoms with Crippen LogP contribution in [-0.4, -0.2) is 32.2 Å². The average Bonchev–Trinajstić information content (AvgIpc) is 3.10. The van der Waals surface area contributed by atoms with E-state index in [2.05, 4.69) is 10.3 Å². The van der Waals surface area contributed by atoms with E-state index in [1.807, 2.05) is 31.2 Å². The van der Waals surface area contributed by atoms with Crippen molar-refractivity contribution >= 4 is 32.2 Å². The summed E-state index contributed by atoms with van der Waals surface area (Å²) < 4.78 is 29.8. The molecular weight excluding hydrogens is 384 g/mol. The molecule has 0 spiro atoms. The summed E-state index contributed by atoms with van der Waals surface area (Å²) >= 11 is 1.24. The van der Waals surface area contributed by atoms with Crippen LogP contribution in [0.25, 0.3) is 11.3 Å². The van der Waals surface area contributed by atoms with Crippen LogP contribution in [0.15, 0.2) is 58.8 Å². The highest BCUT2D eigenvalue weighted by atomic mass is 32.2. The quantitative estimate of drug-likeness (QED) is 0.682. The molecule has 0 radical (unpaired) electrons. The molecule has 27 heavy (non-hydrogen) atoms. The molecule has 0 unspecified atom stereocenters. The van der Waals surface area contributed by atoms with Crippen LogP contribution in [0, 0.1) is 6.92 Å². The van der Waals surface area contributed by atoms with Crippen LogP contribution in [0.1, 0.15) is 5.56 Å². The van der Waals surface area contributed by atoms with Gasteiger partial charge in [0.15, 0.2) is 15.0 Å². The van der Waals surface area contributed by atoms with Crippen molar-refractivity contribution in [1.82, 2.24) is 4.98 Å². The normalized spacial score (nSPS) is 11.2. The fraction of sp³-hybridized carbons (Fsp3) is 0.158. The third kappa shape index (κ3) is 4.72. The first-order valence-corrected chi connectivity index (χ1v) is 10.6. The predicted molar refractivity (Wildman–Crippen MR) is 106 cm³/mol. The van der Waals surface area contributed by atoms with Crippen LogP contribution in [0.2, 0.25) is 0 Å². The van der Waals surface area contributed by atoms with Crippen LogP contribution in [-0.2, 0) is 14.6 Å². The zero-order valence-corrected chi connectivity index (χ0v) is 16.4. The van der Waals surface area contributed by atoms with Crippen molar-refractivity contribution in [3.63, 3.8) is 0 Å². The Hall–Kier alpha value is -2.71. The third-order valence-electron chi connectivity index (χ3n) is 3.84. The van der Waals surface area contributed by atoms with E-state index in [4.69, 9.17) is 4.74 Å². The molecule has 0 aliphatic rings. The lowest BCUT2D eigenvalue weighted by molar-refractivity contribution is -0.113. The number of aromatic nitrogens is 1. The summed E-state index contributed by atoms with van der Waals surface area (Å²) in [6.45, 7) is 1.87. The zero-order valence-electron chi connectivity index (χ0n) is 14.8. The molecule has 1 heterocycles. The average molecular weight is 402 g/mol. The molecule has 0 aliphatic heterocycles. The minimum Gasteiger partial charge on any atom is -0.497 e. The van der Waals surface area contributed by atoms with Gasteiger partial charge in [-0.1, -0.05) is 17.7 Å². The number of aryl methyl sites for hydroxylation is 1. The van der Waals surface area contributed by atoms with Crippen molar-refractivity contribution in [1.29, 1.82) is 0 Å². The third-order valence-corrected chi connectivity index (χ3v) is 6.23. The predicted octanol–water partition coefficient (Wildman–Crippen LogP) is 3.54. The van der Waals surface area contributed by atoms with Crippen LogP contribution < -0.4 is 10.1 Å². The van der Waals surface area contributed by atoms with Gasteiger partial charge >= 0.3 is 0 Å². The van der Waals surface area contributed by atoms with Crippen molar-refractivity contribution in [3.8, 4) is 17.0 Å². The Morgan fingerprint density at radius 2 is 1.78 bits per heavy atom. The molecule has 1 N–H and O–H groups in total. The second-order valence-electron chi connectivity index (χ2n) is 5.89. The molecule has 0 aliphatic carbocycles. The summed E-state index contributed by atoms with van der Waals surface area (Å²) in [4.78, 5) is 16.6. The highest BCUT2D eigenvalue weighted by Gasteiger charge is 2.20. The van der Waals surface area contributed by atoms with Gasteiger partial charge in [-0.25, -0.2) is 13.4 Å². The second-order valence-corrected chi connectivity index (χ2v) is 8.73. The number of hydrogen-bond acceptors (Lipinski definition) is 6. The lowest BCUT2D eigenvalue weighted by Gasteiger charge is -2.05. The number of carbonyl (C=O) groups is 1. The molecule has 3 rings (SSSR count).